The second-order valence-electron chi connectivity index (χ2n) is 5.36. The Labute approximate surface area is 108 Å². The second kappa shape index (κ2) is 5.09. The summed E-state index contributed by atoms with van der Waals surface area (Å²) in [4.78, 5) is 4.29. The molecule has 2 bridgehead atoms. The van der Waals surface area contributed by atoms with Crippen LogP contribution in [0.1, 0.15) is 37.5 Å². The zero-order valence-corrected chi connectivity index (χ0v) is 11.4. The molecule has 1 aromatic rings. The largest absolute Gasteiger partial charge is 0.314 e. The Balaban J connectivity index is 1.64. The van der Waals surface area contributed by atoms with Crippen LogP contribution in [0.25, 0.3) is 0 Å². The molecule has 2 aliphatic rings. The molecule has 2 nitrogen and oxygen atoms in total. The molecule has 3 heterocycles. The van der Waals surface area contributed by atoms with Gasteiger partial charge < -0.3 is 5.32 Å². The lowest BCUT2D eigenvalue weighted by Gasteiger charge is -2.39. The Morgan fingerprint density at radius 3 is 2.71 bits per heavy atom. The Morgan fingerprint density at radius 1 is 1.35 bits per heavy atom. The molecule has 2 aliphatic heterocycles. The van der Waals surface area contributed by atoms with Crippen LogP contribution in [-0.4, -0.2) is 29.6 Å². The molecule has 0 radical (unpaired) electrons. The van der Waals surface area contributed by atoms with Gasteiger partial charge in [0.2, 0.25) is 0 Å². The SMILES string of the molecule is CCNC1CC2CCC(C1)N2Cc1cccs1. The van der Waals surface area contributed by atoms with Gasteiger partial charge in [0.05, 0.1) is 0 Å². The van der Waals surface area contributed by atoms with Gasteiger partial charge in [-0.15, -0.1) is 11.3 Å². The van der Waals surface area contributed by atoms with E-state index in [4.69, 9.17) is 0 Å². The first-order valence-corrected chi connectivity index (χ1v) is 7.76. The summed E-state index contributed by atoms with van der Waals surface area (Å²) in [6.45, 7) is 4.53. The van der Waals surface area contributed by atoms with E-state index in [9.17, 15) is 0 Å². The molecular weight excluding hydrogens is 228 g/mol. The molecule has 0 spiro atoms. The lowest BCUT2D eigenvalue weighted by atomic mass is 9.97. The number of hydrogen-bond donors (Lipinski definition) is 1. The fraction of sp³-hybridized carbons (Fsp3) is 0.714. The normalized spacial score (nSPS) is 33.1. The molecule has 1 N–H and O–H groups in total. The number of nitrogens with zero attached hydrogens (tertiary/aromatic N) is 1. The summed E-state index contributed by atoms with van der Waals surface area (Å²) in [6, 6.07) is 6.89. The van der Waals surface area contributed by atoms with Crippen molar-refractivity contribution in [1.29, 1.82) is 0 Å². The predicted octanol–water partition coefficient (Wildman–Crippen LogP) is 2.85. The van der Waals surface area contributed by atoms with Crippen LogP contribution in [0.15, 0.2) is 17.5 Å². The van der Waals surface area contributed by atoms with Crippen LogP contribution < -0.4 is 5.32 Å². The van der Waals surface area contributed by atoms with Crippen molar-refractivity contribution in [2.24, 2.45) is 0 Å². The predicted molar refractivity (Wildman–Crippen MR) is 73.4 cm³/mol. The maximum atomic E-state index is 3.64. The zero-order chi connectivity index (χ0) is 11.7. The van der Waals surface area contributed by atoms with Gasteiger partial charge in [-0.25, -0.2) is 0 Å². The summed E-state index contributed by atoms with van der Waals surface area (Å²) in [7, 11) is 0. The molecule has 0 saturated carbocycles. The summed E-state index contributed by atoms with van der Waals surface area (Å²) >= 11 is 1.90. The summed E-state index contributed by atoms with van der Waals surface area (Å²) in [5.74, 6) is 0. The first-order valence-electron chi connectivity index (χ1n) is 6.88. The minimum Gasteiger partial charge on any atom is -0.314 e. The fourth-order valence-electron chi connectivity index (χ4n) is 3.57. The average molecular weight is 250 g/mol. The second-order valence-corrected chi connectivity index (χ2v) is 6.39. The average Bonchev–Trinajstić information content (AvgIpc) is 2.89. The highest BCUT2D eigenvalue weighted by atomic mass is 32.1. The number of piperidine rings is 1. The highest BCUT2D eigenvalue weighted by molar-refractivity contribution is 7.09. The van der Waals surface area contributed by atoms with Crippen LogP contribution in [-0.2, 0) is 6.54 Å². The molecule has 0 aliphatic carbocycles. The molecule has 1 aromatic heterocycles. The van der Waals surface area contributed by atoms with Gasteiger partial charge in [0.1, 0.15) is 0 Å². The van der Waals surface area contributed by atoms with E-state index in [2.05, 4.69) is 34.7 Å². The first kappa shape index (κ1) is 11.7. The number of fused-ring (bicyclic) bond motifs is 2. The standard InChI is InChI=1S/C14H22N2S/c1-2-15-11-8-12-5-6-13(9-11)16(12)10-14-4-3-7-17-14/h3-4,7,11-13,15H,2,5-6,8-10H2,1H3. The first-order chi connectivity index (χ1) is 8.36. The van der Waals surface area contributed by atoms with Crippen molar-refractivity contribution in [3.8, 4) is 0 Å². The lowest BCUT2D eigenvalue weighted by molar-refractivity contribution is 0.111. The van der Waals surface area contributed by atoms with Crippen molar-refractivity contribution in [3.05, 3.63) is 22.4 Å². The third kappa shape index (κ3) is 2.42. The van der Waals surface area contributed by atoms with Gasteiger partial charge in [-0.05, 0) is 43.7 Å². The summed E-state index contributed by atoms with van der Waals surface area (Å²) < 4.78 is 0. The summed E-state index contributed by atoms with van der Waals surface area (Å²) in [5.41, 5.74) is 0. The molecule has 2 saturated heterocycles. The smallest absolute Gasteiger partial charge is 0.0333 e. The van der Waals surface area contributed by atoms with Crippen LogP contribution in [0, 0.1) is 0 Å². The van der Waals surface area contributed by atoms with Gasteiger partial charge in [-0.2, -0.15) is 0 Å². The minimum absolute atomic E-state index is 0.775. The van der Waals surface area contributed by atoms with Gasteiger partial charge in [-0.1, -0.05) is 13.0 Å². The fourth-order valence-corrected chi connectivity index (χ4v) is 4.28. The van der Waals surface area contributed by atoms with E-state index in [0.29, 0.717) is 0 Å². The van der Waals surface area contributed by atoms with E-state index in [1.807, 2.05) is 11.3 Å². The van der Waals surface area contributed by atoms with E-state index in [1.165, 1.54) is 37.1 Å². The molecule has 0 amide bonds. The van der Waals surface area contributed by atoms with Gasteiger partial charge in [0.25, 0.3) is 0 Å². The number of nitrogens with one attached hydrogen (secondary N) is 1. The van der Waals surface area contributed by atoms with Crippen LogP contribution >= 0.6 is 11.3 Å². The Morgan fingerprint density at radius 2 is 2.12 bits per heavy atom. The Bertz CT molecular complexity index is 335. The highest BCUT2D eigenvalue weighted by Crippen LogP contribution is 2.37. The quantitative estimate of drug-likeness (QED) is 0.884. The Hall–Kier alpha value is -0.380. The number of rotatable bonds is 4. The third-order valence-electron chi connectivity index (χ3n) is 4.30. The molecule has 2 unspecified atom stereocenters. The monoisotopic (exact) mass is 250 g/mol. The van der Waals surface area contributed by atoms with Gasteiger partial charge in [0, 0.05) is 29.5 Å². The summed E-state index contributed by atoms with van der Waals surface area (Å²) in [5, 5.41) is 5.84. The third-order valence-corrected chi connectivity index (χ3v) is 5.16. The van der Waals surface area contributed by atoms with E-state index < -0.39 is 0 Å². The maximum absolute atomic E-state index is 3.64. The van der Waals surface area contributed by atoms with E-state index in [1.54, 1.807) is 0 Å². The van der Waals surface area contributed by atoms with Crippen molar-refractivity contribution in [1.82, 2.24) is 10.2 Å². The maximum Gasteiger partial charge on any atom is 0.0333 e. The van der Waals surface area contributed by atoms with Crippen molar-refractivity contribution in [2.45, 2.75) is 57.3 Å². The van der Waals surface area contributed by atoms with E-state index in [0.717, 1.165) is 24.7 Å². The molecule has 94 valence electrons. The van der Waals surface area contributed by atoms with Crippen LogP contribution in [0.5, 0.6) is 0 Å². The molecule has 2 fully saturated rings. The number of hydrogen-bond acceptors (Lipinski definition) is 3. The zero-order valence-electron chi connectivity index (χ0n) is 10.6. The topological polar surface area (TPSA) is 15.3 Å². The molecule has 0 aromatic carbocycles. The minimum atomic E-state index is 0.775. The van der Waals surface area contributed by atoms with Gasteiger partial charge in [0.15, 0.2) is 0 Å². The molecule has 3 heteroatoms. The molecular formula is C14H22N2S. The molecule has 17 heavy (non-hydrogen) atoms. The lowest BCUT2D eigenvalue weighted by Crippen LogP contribution is -2.48. The van der Waals surface area contributed by atoms with Crippen molar-refractivity contribution in [3.63, 3.8) is 0 Å². The van der Waals surface area contributed by atoms with E-state index >= 15 is 0 Å². The van der Waals surface area contributed by atoms with Crippen molar-refractivity contribution >= 4 is 11.3 Å². The number of thiophene rings is 1. The van der Waals surface area contributed by atoms with Crippen molar-refractivity contribution in [2.75, 3.05) is 6.54 Å². The van der Waals surface area contributed by atoms with Crippen LogP contribution in [0.4, 0.5) is 0 Å². The molecule has 3 rings (SSSR count). The van der Waals surface area contributed by atoms with E-state index in [-0.39, 0.29) is 0 Å². The molecule has 2 atom stereocenters. The van der Waals surface area contributed by atoms with Crippen molar-refractivity contribution < 1.29 is 0 Å². The highest BCUT2D eigenvalue weighted by Gasteiger charge is 2.40. The van der Waals surface area contributed by atoms with Gasteiger partial charge in [-0.3, -0.25) is 4.90 Å². The van der Waals surface area contributed by atoms with Crippen LogP contribution in [0.2, 0.25) is 0 Å². The van der Waals surface area contributed by atoms with Gasteiger partial charge >= 0.3 is 0 Å². The Kier molecular flexibility index (Phi) is 3.50. The summed E-state index contributed by atoms with van der Waals surface area (Å²) in [6.07, 6.45) is 5.54. The van der Waals surface area contributed by atoms with Crippen LogP contribution in [0.3, 0.4) is 0 Å².